The Balaban J connectivity index is 1.30. The second kappa shape index (κ2) is 13.7. The van der Waals surface area contributed by atoms with E-state index in [1.54, 1.807) is 24.4 Å². The molecule has 0 aliphatic carbocycles. The van der Waals surface area contributed by atoms with E-state index >= 15 is 4.39 Å². The molecule has 0 saturated carbocycles. The van der Waals surface area contributed by atoms with E-state index in [9.17, 15) is 14.0 Å². The van der Waals surface area contributed by atoms with E-state index < -0.39 is 23.4 Å². The first-order valence-electron chi connectivity index (χ1n) is 13.6. The molecule has 43 heavy (non-hydrogen) atoms. The molecule has 0 radical (unpaired) electrons. The van der Waals surface area contributed by atoms with Crippen LogP contribution in [0, 0.1) is 17.6 Å². The van der Waals surface area contributed by atoms with E-state index in [0.717, 1.165) is 38.1 Å². The van der Waals surface area contributed by atoms with Crippen molar-refractivity contribution in [3.8, 4) is 23.0 Å². The van der Waals surface area contributed by atoms with Gasteiger partial charge < -0.3 is 30.2 Å². The van der Waals surface area contributed by atoms with Gasteiger partial charge in [-0.2, -0.15) is 0 Å². The second-order valence-electron chi connectivity index (χ2n) is 9.94. The number of methoxy groups -OCH3 is 1. The van der Waals surface area contributed by atoms with Gasteiger partial charge >= 0.3 is 11.8 Å². The Morgan fingerprint density at radius 3 is 2.56 bits per heavy atom. The molecule has 0 spiro atoms. The van der Waals surface area contributed by atoms with Crippen LogP contribution in [0.2, 0.25) is 5.02 Å². The van der Waals surface area contributed by atoms with Gasteiger partial charge in [0.2, 0.25) is 5.75 Å². The van der Waals surface area contributed by atoms with Crippen LogP contribution in [0.5, 0.6) is 23.0 Å². The first-order chi connectivity index (χ1) is 20.8. The average molecular weight is 611 g/mol. The fraction of sp³-hybridized carbons (Fsp3) is 0.258. The monoisotopic (exact) mass is 610 g/mol. The van der Waals surface area contributed by atoms with Crippen LogP contribution in [-0.4, -0.2) is 43.6 Å². The Bertz CT molecular complexity index is 1650. The van der Waals surface area contributed by atoms with Gasteiger partial charge in [0.05, 0.1) is 24.3 Å². The highest BCUT2D eigenvalue weighted by atomic mass is 35.5. The highest BCUT2D eigenvalue weighted by Crippen LogP contribution is 2.45. The number of aromatic nitrogens is 1. The van der Waals surface area contributed by atoms with Crippen LogP contribution in [0.4, 0.5) is 14.5 Å². The van der Waals surface area contributed by atoms with E-state index in [4.69, 9.17) is 25.8 Å². The Labute approximate surface area is 251 Å². The van der Waals surface area contributed by atoms with Crippen molar-refractivity contribution in [1.82, 2.24) is 15.6 Å². The SMILES string of the molecule is COc1c(OCC2CCNCC2)cc2ncccc2c1Oc1ccc(NC(=O)C(=O)NCc2ccc(F)c(Cl)c2)cc1F. The minimum atomic E-state index is -1.02. The molecule has 1 fully saturated rings. The van der Waals surface area contributed by atoms with Crippen molar-refractivity contribution in [1.29, 1.82) is 0 Å². The topological polar surface area (TPSA) is 111 Å². The van der Waals surface area contributed by atoms with Gasteiger partial charge in [0.1, 0.15) is 5.82 Å². The number of hydrogen-bond donors (Lipinski definition) is 3. The number of anilines is 1. The fourth-order valence-electron chi connectivity index (χ4n) is 4.68. The number of carbonyl (C=O) groups excluding carboxylic acids is 2. The zero-order valence-corrected chi connectivity index (χ0v) is 24.0. The molecule has 1 saturated heterocycles. The maximum atomic E-state index is 15.2. The zero-order chi connectivity index (χ0) is 30.3. The van der Waals surface area contributed by atoms with Crippen molar-refractivity contribution in [3.05, 3.63) is 83.0 Å². The third-order valence-corrected chi connectivity index (χ3v) is 7.25. The van der Waals surface area contributed by atoms with Gasteiger partial charge in [-0.15, -0.1) is 0 Å². The summed E-state index contributed by atoms with van der Waals surface area (Å²) < 4.78 is 46.4. The van der Waals surface area contributed by atoms with Crippen LogP contribution in [-0.2, 0) is 16.1 Å². The number of nitrogens with one attached hydrogen (secondary N) is 3. The average Bonchev–Trinajstić information content (AvgIpc) is 3.02. The quantitative estimate of drug-likeness (QED) is 0.212. The van der Waals surface area contributed by atoms with Gasteiger partial charge in [-0.3, -0.25) is 14.6 Å². The summed E-state index contributed by atoms with van der Waals surface area (Å²) in [4.78, 5) is 29.1. The number of rotatable bonds is 9. The van der Waals surface area contributed by atoms with E-state index in [2.05, 4.69) is 20.9 Å². The molecule has 1 aliphatic rings. The lowest BCUT2D eigenvalue weighted by Gasteiger charge is -2.24. The highest BCUT2D eigenvalue weighted by Gasteiger charge is 2.22. The molecule has 224 valence electrons. The summed E-state index contributed by atoms with van der Waals surface area (Å²) >= 11 is 5.74. The lowest BCUT2D eigenvalue weighted by Crippen LogP contribution is -2.35. The molecule has 3 aromatic carbocycles. The summed E-state index contributed by atoms with van der Waals surface area (Å²) in [5.41, 5.74) is 1.11. The van der Waals surface area contributed by atoms with Gasteiger partial charge in [-0.05, 0) is 73.8 Å². The van der Waals surface area contributed by atoms with Crippen LogP contribution in [0.3, 0.4) is 0 Å². The number of pyridine rings is 1. The largest absolute Gasteiger partial charge is 0.490 e. The van der Waals surface area contributed by atoms with E-state index in [1.807, 2.05) is 0 Å². The highest BCUT2D eigenvalue weighted by molar-refractivity contribution is 6.39. The Hall–Kier alpha value is -4.48. The number of nitrogens with zero attached hydrogens (tertiary/aromatic N) is 1. The predicted molar refractivity (Wildman–Crippen MR) is 158 cm³/mol. The van der Waals surface area contributed by atoms with Crippen LogP contribution in [0.15, 0.2) is 60.8 Å². The van der Waals surface area contributed by atoms with Gasteiger partial charge in [0.25, 0.3) is 0 Å². The minimum absolute atomic E-state index is 0.0346. The predicted octanol–water partition coefficient (Wildman–Crippen LogP) is 5.60. The van der Waals surface area contributed by atoms with Crippen molar-refractivity contribution in [2.75, 3.05) is 32.1 Å². The molecule has 3 N–H and O–H groups in total. The fourth-order valence-corrected chi connectivity index (χ4v) is 4.88. The van der Waals surface area contributed by atoms with Crippen molar-refractivity contribution in [3.63, 3.8) is 0 Å². The molecule has 0 bridgehead atoms. The normalized spacial score (nSPS) is 13.4. The molecule has 1 aliphatic heterocycles. The molecule has 0 unspecified atom stereocenters. The lowest BCUT2D eigenvalue weighted by molar-refractivity contribution is -0.136. The summed E-state index contributed by atoms with van der Waals surface area (Å²) in [6, 6.07) is 13.0. The van der Waals surface area contributed by atoms with Crippen LogP contribution >= 0.6 is 11.6 Å². The Morgan fingerprint density at radius 2 is 1.81 bits per heavy atom. The van der Waals surface area contributed by atoms with Gasteiger partial charge in [-0.1, -0.05) is 17.7 Å². The first kappa shape index (κ1) is 30.0. The second-order valence-corrected chi connectivity index (χ2v) is 10.4. The maximum absolute atomic E-state index is 15.2. The van der Waals surface area contributed by atoms with Crippen LogP contribution in [0.25, 0.3) is 10.9 Å². The van der Waals surface area contributed by atoms with Crippen molar-refractivity contribution in [2.24, 2.45) is 5.92 Å². The molecule has 5 rings (SSSR count). The third-order valence-electron chi connectivity index (χ3n) is 6.96. The molecular weight excluding hydrogens is 582 g/mol. The summed E-state index contributed by atoms with van der Waals surface area (Å²) in [5.74, 6) is -2.17. The van der Waals surface area contributed by atoms with E-state index in [-0.39, 0.29) is 28.8 Å². The van der Waals surface area contributed by atoms with Crippen LogP contribution < -0.4 is 30.2 Å². The number of carbonyl (C=O) groups is 2. The molecule has 1 aromatic heterocycles. The first-order valence-corrected chi connectivity index (χ1v) is 14.0. The number of halogens is 3. The summed E-state index contributed by atoms with van der Waals surface area (Å²) in [6.45, 7) is 2.30. The number of benzene rings is 3. The zero-order valence-electron chi connectivity index (χ0n) is 23.2. The molecule has 12 heteroatoms. The summed E-state index contributed by atoms with van der Waals surface area (Å²) in [7, 11) is 1.48. The lowest BCUT2D eigenvalue weighted by atomic mass is 9.99. The Morgan fingerprint density at radius 1 is 1.00 bits per heavy atom. The minimum Gasteiger partial charge on any atom is -0.490 e. The molecule has 9 nitrogen and oxygen atoms in total. The van der Waals surface area contributed by atoms with E-state index in [0.29, 0.717) is 40.5 Å². The van der Waals surface area contributed by atoms with Crippen molar-refractivity contribution >= 4 is 40.0 Å². The molecule has 4 aromatic rings. The molecule has 0 atom stereocenters. The van der Waals surface area contributed by atoms with Gasteiger partial charge in [0.15, 0.2) is 23.1 Å². The maximum Gasteiger partial charge on any atom is 0.313 e. The van der Waals surface area contributed by atoms with Gasteiger partial charge in [0, 0.05) is 35.9 Å². The van der Waals surface area contributed by atoms with Gasteiger partial charge in [-0.25, -0.2) is 8.78 Å². The summed E-state index contributed by atoms with van der Waals surface area (Å²) in [5, 5.41) is 8.57. The standard InChI is InChI=1S/C31H29ClF2N4O5/c1-41-29-27(42-17-18-8-11-35-12-9-18)15-25-21(3-2-10-36-25)28(29)43-26-7-5-20(14-24(26)34)38-31(40)30(39)37-16-19-4-6-23(33)22(32)13-19/h2-7,10,13-15,18,35H,8-9,11-12,16-17H2,1H3,(H,37,39)(H,38,40). The van der Waals surface area contributed by atoms with Crippen molar-refractivity contribution < 1.29 is 32.6 Å². The Kier molecular flexibility index (Phi) is 9.53. The molecule has 2 heterocycles. The molecular formula is C31H29ClF2N4O5. The number of piperidine rings is 1. The number of hydrogen-bond acceptors (Lipinski definition) is 7. The number of ether oxygens (including phenoxy) is 3. The molecule has 2 amide bonds. The number of amides is 2. The van der Waals surface area contributed by atoms with Crippen LogP contribution in [0.1, 0.15) is 18.4 Å². The van der Waals surface area contributed by atoms with E-state index in [1.165, 1.54) is 31.4 Å². The number of fused-ring (bicyclic) bond motifs is 1. The third kappa shape index (κ3) is 7.30. The van der Waals surface area contributed by atoms with Crippen molar-refractivity contribution in [2.45, 2.75) is 19.4 Å². The smallest absolute Gasteiger partial charge is 0.313 e. The summed E-state index contributed by atoms with van der Waals surface area (Å²) in [6.07, 6.45) is 3.63.